The number of rotatable bonds is 34. The first kappa shape index (κ1) is 108. The molecule has 10 saturated heterocycles. The molecule has 0 bridgehead atoms. The zero-order valence-electron chi connectivity index (χ0n) is 71.1. The number of amides is 6. The van der Waals surface area contributed by atoms with Crippen molar-refractivity contribution in [2.45, 2.75) is 362 Å². The fraction of sp³-hybridized carbons (Fsp3) is 0.917. The van der Waals surface area contributed by atoms with Crippen molar-refractivity contribution in [1.29, 1.82) is 0 Å². The van der Waals surface area contributed by atoms with Crippen molar-refractivity contribution in [3.05, 3.63) is 0 Å². The summed E-state index contributed by atoms with van der Waals surface area (Å²) in [5.41, 5.74) is 0. The van der Waals surface area contributed by atoms with E-state index in [4.69, 9.17) is 94.2 Å². The normalized spacial score (nSPS) is 47.1. The fourth-order valence-electron chi connectivity index (χ4n) is 16.8. The Balaban J connectivity index is 0.988. The molecule has 10 aliphatic heterocycles. The molecule has 0 aromatic rings. The van der Waals surface area contributed by atoms with Crippen molar-refractivity contribution in [1.82, 2.24) is 31.9 Å². The highest BCUT2D eigenvalue weighted by Gasteiger charge is 2.63. The summed E-state index contributed by atoms with van der Waals surface area (Å²) in [4.78, 5) is 78.3. The van der Waals surface area contributed by atoms with Crippen molar-refractivity contribution < 1.29 is 253 Å². The quantitative estimate of drug-likeness (QED) is 0.0266. The molecule has 58 nitrogen and oxygen atoms in total. The summed E-state index contributed by atoms with van der Waals surface area (Å²) in [5, 5.41) is 275. The van der Waals surface area contributed by atoms with E-state index in [1.165, 1.54) is 13.8 Å². The summed E-state index contributed by atoms with van der Waals surface area (Å²) in [6.07, 6.45) is -93.7. The molecular weight excluding hydrogens is 1810 g/mol. The highest BCUT2D eigenvalue weighted by molar-refractivity contribution is 7.80. The van der Waals surface area contributed by atoms with Crippen molar-refractivity contribution in [2.75, 3.05) is 52.9 Å². The molecule has 0 aliphatic carbocycles. The second kappa shape index (κ2) is 46.6. The van der Waals surface area contributed by atoms with E-state index in [0.29, 0.717) is 0 Å². The summed E-state index contributed by atoms with van der Waals surface area (Å²) < 4.78 is 156. The second-order valence-corrected chi connectivity index (χ2v) is 34.0. The Bertz CT molecular complexity index is 3820. The third-order valence-corrected chi connectivity index (χ3v) is 23.8. The van der Waals surface area contributed by atoms with E-state index in [1.54, 1.807) is 0 Å². The highest BCUT2D eigenvalue weighted by Crippen LogP contribution is 2.42. The molecule has 6 amide bonds. The van der Waals surface area contributed by atoms with Crippen LogP contribution in [0.3, 0.4) is 0 Å². The van der Waals surface area contributed by atoms with Crippen LogP contribution in [0.4, 0.5) is 0 Å². The van der Waals surface area contributed by atoms with Gasteiger partial charge in [-0.2, -0.15) is 8.42 Å². The van der Waals surface area contributed by atoms with Crippen molar-refractivity contribution in [2.24, 2.45) is 0 Å². The maximum absolute atomic E-state index is 13.4. The lowest BCUT2D eigenvalue weighted by atomic mass is 9.93. The van der Waals surface area contributed by atoms with Crippen molar-refractivity contribution >= 4 is 45.8 Å². The lowest BCUT2D eigenvalue weighted by Gasteiger charge is -2.52. The van der Waals surface area contributed by atoms with Gasteiger partial charge in [0.15, 0.2) is 62.9 Å². The van der Waals surface area contributed by atoms with Crippen LogP contribution in [0.1, 0.15) is 55.4 Å². The summed E-state index contributed by atoms with van der Waals surface area (Å²) in [5.74, 6) is -5.77. The molecule has 0 aromatic heterocycles. The highest BCUT2D eigenvalue weighted by atomic mass is 32.3. The molecule has 10 rings (SSSR count). The molecule has 1 unspecified atom stereocenters. The first-order valence-electron chi connectivity index (χ1n) is 41.5. The minimum atomic E-state index is -5.66. The molecule has 0 spiro atoms. The van der Waals surface area contributed by atoms with Gasteiger partial charge in [0.1, 0.15) is 232 Å². The molecule has 131 heavy (non-hydrogen) atoms. The van der Waals surface area contributed by atoms with Gasteiger partial charge in [0.2, 0.25) is 35.4 Å². The molecule has 10 aliphatic rings. The SMILES string of the molecule is CC(=O)N[C@H]1[C@H](OC[C@H]2OC(O)[C@H](NC(C)=O)[C@@H](O[C@@H]3O[C@H](CO)[C@H](O)[C@H](O[C@H]4O[C@H](CO)[C@H](O)[C@H](O[C@H]5O[C@H](CO)[C@@H](O)[C@H](O)[C@H]5NC(C)=O)[C@H]4NC(C)=O)[C@H]3O[C@@H]3O[C@@H](C)[C@@H](O)[C@@H](O)[C@@H]3O)[C@H]2O)O[C@H](COS(=O)(=O)O)[C@@H](O[C@@H]2O[C@H](CO)[C@H](O)[C@H](O[C@H]3O[C@H](CO)[C@H](O)[C@H](O[C@H]4O[C@H](CO)[C@@H](O)[C@H](O)[C@H]4NC(C)=O)[C@H]3NC(C)=O)[C@H]2O[C@@H]2O[C@@H](C)[C@@H](O)[C@@H](O)[C@@H]2O)[C@@H]1O. The standard InChI is InChI=1S/C72H120N6O52S/c1-17-39(91)51(103)53(105)69(113-17)129-61-59(127-67-37(77-23(7)89)57(43(95)27(11-81)118-67)124-65-33(73-19(3)85)48(100)41(93)25(9-79)116-65)45(97)29(13-83)120-71(61)123-55-32(16-112-131(108,109)110)122-64(35(50(55)102)75-21(5)87)111-15-31-47(99)56(36(63(107)115-31)76-22(6)88)126-72-62(130-70-54(106)52(104)40(92)18(2)114-70)60(46(98)30(14-84)121-72)128-68-38(78-24(8)90)58(44(96)28(12-82)119-68)125-66-34(74-20(4)86)49(101)42(94)26(10-80)117-66/h17-18,25-72,79-84,91-107H,9-16H2,1-8H3,(H,73,85)(H,74,86)(H,75,87)(H,76,88)(H,77,89)(H,78,90)(H,108,109,110)/t17-,18-,25+,26+,27+,28+,29+,30+,31+,32+,33+,34+,35+,36+,37+,38+,39+,40+,41+,42+,43-,44-,45-,46-,47-,48+,49+,50+,51+,52+,53-,54-,55+,56+,57+,58+,59-,60-,61+,62+,63?,64+,65+,66+,67+,68+,69-,70-,71-,72-/m0/s1. The first-order valence-corrected chi connectivity index (χ1v) is 42.8. The number of carbonyl (C=O) groups excluding carboxylic acids is 6. The monoisotopic (exact) mass is 1930 g/mol. The Morgan fingerprint density at radius 2 is 0.519 bits per heavy atom. The minimum absolute atomic E-state index is 0.851. The maximum Gasteiger partial charge on any atom is 0.397 e. The average molecular weight is 1930 g/mol. The predicted molar refractivity (Wildman–Crippen MR) is 407 cm³/mol. The molecule has 0 radical (unpaired) electrons. The molecule has 59 heteroatoms. The van der Waals surface area contributed by atoms with Gasteiger partial charge in [0, 0.05) is 41.5 Å². The molecular formula is C72H120N6O52S. The van der Waals surface area contributed by atoms with Crippen molar-refractivity contribution in [3.8, 4) is 0 Å². The van der Waals surface area contributed by atoms with Crippen LogP contribution < -0.4 is 31.9 Å². The van der Waals surface area contributed by atoms with E-state index < -0.39 is 405 Å². The van der Waals surface area contributed by atoms with Crippen LogP contribution in [-0.2, 0) is 133 Å². The number of nitrogens with one attached hydrogen (secondary N) is 6. The van der Waals surface area contributed by atoms with Gasteiger partial charge in [-0.3, -0.25) is 33.3 Å². The van der Waals surface area contributed by atoms with Gasteiger partial charge in [-0.1, -0.05) is 0 Å². The molecule has 0 saturated carbocycles. The Morgan fingerprint density at radius 1 is 0.252 bits per heavy atom. The van der Waals surface area contributed by atoms with E-state index >= 15 is 0 Å². The second-order valence-electron chi connectivity index (χ2n) is 32.9. The molecule has 10 heterocycles. The van der Waals surface area contributed by atoms with Crippen LogP contribution in [0.25, 0.3) is 0 Å². The lowest BCUT2D eigenvalue weighted by molar-refractivity contribution is -0.402. The van der Waals surface area contributed by atoms with Crippen LogP contribution in [-0.4, -0.2) is 525 Å². The zero-order valence-corrected chi connectivity index (χ0v) is 71.9. The molecule has 10 fully saturated rings. The summed E-state index contributed by atoms with van der Waals surface area (Å²) in [6, 6.07) is -11.7. The Morgan fingerprint density at radius 3 is 0.870 bits per heavy atom. The first-order chi connectivity index (χ1) is 61.6. The third-order valence-electron chi connectivity index (χ3n) is 23.4. The van der Waals surface area contributed by atoms with Gasteiger partial charge in [-0.05, 0) is 13.8 Å². The van der Waals surface area contributed by atoms with Crippen LogP contribution >= 0.6 is 0 Å². The number of carbonyl (C=O) groups is 6. The lowest BCUT2D eigenvalue weighted by Crippen LogP contribution is -2.72. The Labute approximate surface area is 743 Å². The van der Waals surface area contributed by atoms with Gasteiger partial charge < -0.3 is 239 Å². The van der Waals surface area contributed by atoms with Gasteiger partial charge in [-0.25, -0.2) is 4.18 Å². The summed E-state index contributed by atoms with van der Waals surface area (Å²) in [6.45, 7) is -1.66. The van der Waals surface area contributed by atoms with Crippen LogP contribution in [0.5, 0.6) is 0 Å². The summed E-state index contributed by atoms with van der Waals surface area (Å²) in [7, 11) is -5.66. The minimum Gasteiger partial charge on any atom is -0.394 e. The van der Waals surface area contributed by atoms with E-state index in [2.05, 4.69) is 31.9 Å². The number of hydrogen-bond acceptors (Lipinski definition) is 51. The summed E-state index contributed by atoms with van der Waals surface area (Å²) >= 11 is 0. The largest absolute Gasteiger partial charge is 0.397 e. The van der Waals surface area contributed by atoms with E-state index in [-0.39, 0.29) is 0 Å². The van der Waals surface area contributed by atoms with E-state index in [9.17, 15) is 159 Å². The third kappa shape index (κ3) is 25.2. The Hall–Kier alpha value is -4.99. The number of hydrogen-bond donors (Lipinski definition) is 30. The van der Waals surface area contributed by atoms with Gasteiger partial charge in [0.25, 0.3) is 0 Å². The van der Waals surface area contributed by atoms with Gasteiger partial charge in [0.05, 0.1) is 65.1 Å². The smallest absolute Gasteiger partial charge is 0.394 e. The van der Waals surface area contributed by atoms with Crippen LogP contribution in [0, 0.1) is 0 Å². The van der Waals surface area contributed by atoms with Gasteiger partial charge in [-0.15, -0.1) is 0 Å². The topological polar surface area (TPSA) is 879 Å². The average Bonchev–Trinajstić information content (AvgIpc) is 0.757. The van der Waals surface area contributed by atoms with Crippen LogP contribution in [0.2, 0.25) is 0 Å². The number of ether oxygens (including phenoxy) is 19. The fourth-order valence-corrected chi connectivity index (χ4v) is 17.1. The molecule has 50 atom stereocenters. The molecule has 0 aromatic carbocycles. The Kier molecular flexibility index (Phi) is 38.5. The maximum atomic E-state index is 13.4. The van der Waals surface area contributed by atoms with Crippen molar-refractivity contribution in [3.63, 3.8) is 0 Å². The van der Waals surface area contributed by atoms with Crippen LogP contribution in [0.15, 0.2) is 0 Å². The predicted octanol–water partition coefficient (Wildman–Crippen LogP) is -20.1. The van der Waals surface area contributed by atoms with E-state index in [0.717, 1.165) is 41.5 Å². The number of aliphatic hydroxyl groups excluding tert-OH is 23. The number of aliphatic hydroxyl groups is 23. The zero-order chi connectivity index (χ0) is 96.9. The van der Waals surface area contributed by atoms with Gasteiger partial charge >= 0.3 is 10.4 Å². The molecule has 30 N–H and O–H groups in total. The van der Waals surface area contributed by atoms with E-state index in [1.807, 2.05) is 0 Å². The molecule has 756 valence electrons.